The fourth-order valence-electron chi connectivity index (χ4n) is 5.03. The van der Waals surface area contributed by atoms with E-state index in [2.05, 4.69) is 10.3 Å². The van der Waals surface area contributed by atoms with Crippen molar-refractivity contribution in [3.8, 4) is 11.1 Å². The molecule has 1 aliphatic rings. The van der Waals surface area contributed by atoms with Crippen LogP contribution in [-0.2, 0) is 14.4 Å². The molecule has 1 unspecified atom stereocenters. The van der Waals surface area contributed by atoms with Gasteiger partial charge in [-0.2, -0.15) is 13.2 Å². The van der Waals surface area contributed by atoms with E-state index in [1.54, 1.807) is 12.3 Å². The standard InChI is InChI=1S/C28H34F3N3O4/c1-16(2)10-23(34-9-8-21(12-24(34)35)28(29,30)31)27(38)33-22(13-25(36)37)19-11-20(15-32-14-19)26-17(3)6-5-7-18(26)4/h5-7,11,14-16,21-23H,8-10,12-13H2,1-4H3,(H,33,38)(H,36,37)/t21?,22-,23+/m0/s1. The fraction of sp³-hybridized carbons (Fsp3) is 0.500. The molecule has 1 fully saturated rings. The molecule has 0 aliphatic carbocycles. The highest BCUT2D eigenvalue weighted by atomic mass is 19.4. The average molecular weight is 534 g/mol. The lowest BCUT2D eigenvalue weighted by Crippen LogP contribution is -2.54. The number of halogens is 3. The van der Waals surface area contributed by atoms with Crippen molar-refractivity contribution in [2.45, 2.75) is 71.6 Å². The highest BCUT2D eigenvalue weighted by Crippen LogP contribution is 2.36. The molecule has 3 atom stereocenters. The summed E-state index contributed by atoms with van der Waals surface area (Å²) in [5.41, 5.74) is 4.23. The number of aryl methyl sites for hydroxylation is 2. The monoisotopic (exact) mass is 533 g/mol. The van der Waals surface area contributed by atoms with Crippen LogP contribution in [0.25, 0.3) is 11.1 Å². The molecule has 0 saturated carbocycles. The van der Waals surface area contributed by atoms with E-state index < -0.39 is 54.8 Å². The van der Waals surface area contributed by atoms with Gasteiger partial charge in [0.05, 0.1) is 18.4 Å². The molecule has 10 heteroatoms. The number of aliphatic carboxylic acids is 1. The van der Waals surface area contributed by atoms with E-state index in [1.165, 1.54) is 11.1 Å². The predicted octanol–water partition coefficient (Wildman–Crippen LogP) is 5.21. The highest BCUT2D eigenvalue weighted by Gasteiger charge is 2.46. The van der Waals surface area contributed by atoms with E-state index in [1.807, 2.05) is 45.9 Å². The molecule has 2 aromatic rings. The van der Waals surface area contributed by atoms with E-state index in [0.29, 0.717) is 5.56 Å². The van der Waals surface area contributed by atoms with Crippen LogP contribution in [0.3, 0.4) is 0 Å². The van der Waals surface area contributed by atoms with Crippen molar-refractivity contribution >= 4 is 17.8 Å². The molecule has 0 radical (unpaired) electrons. The van der Waals surface area contributed by atoms with Gasteiger partial charge in [0, 0.05) is 30.9 Å². The number of nitrogens with one attached hydrogen (secondary N) is 1. The maximum absolute atomic E-state index is 13.5. The van der Waals surface area contributed by atoms with Crippen LogP contribution < -0.4 is 5.32 Å². The molecular weight excluding hydrogens is 499 g/mol. The molecule has 1 aliphatic heterocycles. The summed E-state index contributed by atoms with van der Waals surface area (Å²) in [7, 11) is 0. The second kappa shape index (κ2) is 12.0. The minimum absolute atomic E-state index is 0.0363. The van der Waals surface area contributed by atoms with Gasteiger partial charge in [-0.3, -0.25) is 19.4 Å². The van der Waals surface area contributed by atoms with E-state index in [4.69, 9.17) is 0 Å². The Labute approximate surface area is 220 Å². The molecule has 7 nitrogen and oxygen atoms in total. The van der Waals surface area contributed by atoms with Gasteiger partial charge in [-0.1, -0.05) is 32.0 Å². The quantitative estimate of drug-likeness (QED) is 0.461. The van der Waals surface area contributed by atoms with Crippen LogP contribution in [0.4, 0.5) is 13.2 Å². The summed E-state index contributed by atoms with van der Waals surface area (Å²) in [5, 5.41) is 12.3. The van der Waals surface area contributed by atoms with Crippen LogP contribution in [0.1, 0.15) is 62.3 Å². The van der Waals surface area contributed by atoms with Gasteiger partial charge in [-0.05, 0) is 60.9 Å². The number of carboxylic acids is 1. The number of carbonyl (C=O) groups is 3. The molecule has 1 aromatic heterocycles. The number of amides is 2. The van der Waals surface area contributed by atoms with Gasteiger partial charge < -0.3 is 15.3 Å². The molecule has 0 spiro atoms. The number of hydrogen-bond acceptors (Lipinski definition) is 4. The zero-order valence-electron chi connectivity index (χ0n) is 22.0. The smallest absolute Gasteiger partial charge is 0.392 e. The number of hydrogen-bond donors (Lipinski definition) is 2. The Morgan fingerprint density at radius 3 is 2.39 bits per heavy atom. The summed E-state index contributed by atoms with van der Waals surface area (Å²) in [6.45, 7) is 7.42. The number of likely N-dealkylation sites (tertiary alicyclic amines) is 1. The molecule has 3 rings (SSSR count). The largest absolute Gasteiger partial charge is 0.481 e. The Morgan fingerprint density at radius 2 is 1.84 bits per heavy atom. The van der Waals surface area contributed by atoms with Gasteiger partial charge in [0.15, 0.2) is 0 Å². The van der Waals surface area contributed by atoms with Crippen molar-refractivity contribution in [3.05, 3.63) is 53.3 Å². The van der Waals surface area contributed by atoms with Crippen LogP contribution in [0.2, 0.25) is 0 Å². The molecular formula is C28H34F3N3O4. The molecule has 1 saturated heterocycles. The van der Waals surface area contributed by atoms with Crippen LogP contribution in [-0.4, -0.2) is 51.5 Å². The molecule has 0 bridgehead atoms. The number of aromatic nitrogens is 1. The summed E-state index contributed by atoms with van der Waals surface area (Å²) in [4.78, 5) is 43.4. The summed E-state index contributed by atoms with van der Waals surface area (Å²) in [5.74, 6) is -4.23. The third kappa shape index (κ3) is 7.11. The summed E-state index contributed by atoms with van der Waals surface area (Å²) < 4.78 is 39.6. The van der Waals surface area contributed by atoms with Crippen LogP contribution in [0.15, 0.2) is 36.7 Å². The molecule has 2 amide bonds. The highest BCUT2D eigenvalue weighted by molar-refractivity contribution is 5.88. The van der Waals surface area contributed by atoms with Crippen molar-refractivity contribution in [2.24, 2.45) is 11.8 Å². The lowest BCUT2D eigenvalue weighted by molar-refractivity contribution is -0.191. The SMILES string of the molecule is Cc1cccc(C)c1-c1cncc([C@H](CC(=O)O)NC(=O)[C@@H](CC(C)C)N2CCC(C(F)(F)F)CC2=O)c1. The van der Waals surface area contributed by atoms with Crippen molar-refractivity contribution in [3.63, 3.8) is 0 Å². The van der Waals surface area contributed by atoms with Gasteiger partial charge in [-0.15, -0.1) is 0 Å². The first-order valence-electron chi connectivity index (χ1n) is 12.7. The van der Waals surface area contributed by atoms with Crippen LogP contribution in [0, 0.1) is 25.7 Å². The van der Waals surface area contributed by atoms with Crippen molar-refractivity contribution in [1.82, 2.24) is 15.2 Å². The summed E-state index contributed by atoms with van der Waals surface area (Å²) >= 11 is 0. The first-order valence-corrected chi connectivity index (χ1v) is 12.7. The minimum Gasteiger partial charge on any atom is -0.481 e. The predicted molar refractivity (Wildman–Crippen MR) is 136 cm³/mol. The van der Waals surface area contributed by atoms with E-state index in [9.17, 15) is 32.7 Å². The van der Waals surface area contributed by atoms with Gasteiger partial charge in [0.1, 0.15) is 6.04 Å². The normalized spacial score (nSPS) is 17.8. The number of rotatable bonds is 9. The third-order valence-corrected chi connectivity index (χ3v) is 6.92. The Bertz CT molecular complexity index is 1160. The van der Waals surface area contributed by atoms with Crippen molar-refractivity contribution in [1.29, 1.82) is 0 Å². The Hall–Kier alpha value is -3.43. The second-order valence-corrected chi connectivity index (χ2v) is 10.4. The maximum Gasteiger partial charge on any atom is 0.392 e. The number of pyridine rings is 1. The number of alkyl halides is 3. The maximum atomic E-state index is 13.5. The first-order chi connectivity index (χ1) is 17.8. The Balaban J connectivity index is 1.89. The van der Waals surface area contributed by atoms with Crippen LogP contribution in [0.5, 0.6) is 0 Å². The van der Waals surface area contributed by atoms with Gasteiger partial charge in [-0.25, -0.2) is 0 Å². The molecule has 1 aromatic carbocycles. The van der Waals surface area contributed by atoms with E-state index >= 15 is 0 Å². The number of benzene rings is 1. The van der Waals surface area contributed by atoms with Crippen molar-refractivity contribution in [2.75, 3.05) is 6.54 Å². The second-order valence-electron chi connectivity index (χ2n) is 10.4. The van der Waals surface area contributed by atoms with Crippen molar-refractivity contribution < 1.29 is 32.7 Å². The molecule has 2 heterocycles. The summed E-state index contributed by atoms with van der Waals surface area (Å²) in [6, 6.07) is 5.68. The number of nitrogens with zero attached hydrogens (tertiary/aromatic N) is 2. The molecule has 2 N–H and O–H groups in total. The number of carboxylic acid groups (broad SMARTS) is 1. The van der Waals surface area contributed by atoms with Gasteiger partial charge in [0.25, 0.3) is 0 Å². The van der Waals surface area contributed by atoms with Gasteiger partial charge >= 0.3 is 12.1 Å². The lowest BCUT2D eigenvalue weighted by atomic mass is 9.92. The third-order valence-electron chi connectivity index (χ3n) is 6.92. The number of carbonyl (C=O) groups excluding carboxylic acids is 2. The lowest BCUT2D eigenvalue weighted by Gasteiger charge is -2.38. The molecule has 38 heavy (non-hydrogen) atoms. The minimum atomic E-state index is -4.47. The molecule has 206 valence electrons. The Kier molecular flexibility index (Phi) is 9.17. The van der Waals surface area contributed by atoms with Crippen LogP contribution >= 0.6 is 0 Å². The zero-order chi connectivity index (χ0) is 28.2. The topological polar surface area (TPSA) is 99.6 Å². The van der Waals surface area contributed by atoms with E-state index in [-0.39, 0.29) is 25.3 Å². The Morgan fingerprint density at radius 1 is 1.18 bits per heavy atom. The fourth-order valence-corrected chi connectivity index (χ4v) is 5.03. The van der Waals surface area contributed by atoms with Gasteiger partial charge in [0.2, 0.25) is 11.8 Å². The number of piperidine rings is 1. The first kappa shape index (κ1) is 29.1. The van der Waals surface area contributed by atoms with E-state index in [0.717, 1.165) is 22.3 Å². The summed E-state index contributed by atoms with van der Waals surface area (Å²) in [6.07, 6.45) is -2.50. The zero-order valence-corrected chi connectivity index (χ0v) is 22.0. The average Bonchev–Trinajstić information content (AvgIpc) is 2.81.